The number of hydrogen-bond acceptors (Lipinski definition) is 4. The first-order chi connectivity index (χ1) is 11.5. The Morgan fingerprint density at radius 2 is 2.08 bits per heavy atom. The van der Waals surface area contributed by atoms with Crippen LogP contribution in [0.15, 0.2) is 52.3 Å². The molecule has 124 valence electrons. The topological polar surface area (TPSA) is 49.3 Å². The van der Waals surface area contributed by atoms with Gasteiger partial charge >= 0.3 is 0 Å². The van der Waals surface area contributed by atoms with Crippen molar-refractivity contribution in [2.24, 2.45) is 0 Å². The fraction of sp³-hybridized carbons (Fsp3) is 0.118. The normalized spacial score (nSPS) is 12.1. The molecule has 24 heavy (non-hydrogen) atoms. The Balaban J connectivity index is 1.64. The van der Waals surface area contributed by atoms with Crippen LogP contribution in [0.5, 0.6) is 0 Å². The molecule has 2 aromatic heterocycles. The van der Waals surface area contributed by atoms with Crippen LogP contribution in [0.25, 0.3) is 9.75 Å². The second-order valence-corrected chi connectivity index (χ2v) is 8.42. The lowest BCUT2D eigenvalue weighted by molar-refractivity contribution is 0.0918. The Morgan fingerprint density at radius 1 is 1.25 bits per heavy atom. The molecule has 0 spiro atoms. The van der Waals surface area contributed by atoms with E-state index < -0.39 is 6.10 Å². The van der Waals surface area contributed by atoms with E-state index in [4.69, 9.17) is 11.6 Å². The number of rotatable bonds is 5. The third-order valence-corrected chi connectivity index (χ3v) is 6.42. The average Bonchev–Trinajstić information content (AvgIpc) is 3.25. The molecular weight excluding hydrogens is 430 g/mol. The summed E-state index contributed by atoms with van der Waals surface area (Å²) in [5.74, 6) is -0.310. The van der Waals surface area contributed by atoms with Gasteiger partial charge in [0.25, 0.3) is 5.91 Å². The van der Waals surface area contributed by atoms with Gasteiger partial charge in [0.2, 0.25) is 0 Å². The average molecular weight is 443 g/mol. The van der Waals surface area contributed by atoms with Crippen LogP contribution in [0.3, 0.4) is 0 Å². The summed E-state index contributed by atoms with van der Waals surface area (Å²) in [5, 5.41) is 15.4. The molecule has 2 heterocycles. The fourth-order valence-corrected chi connectivity index (χ4v) is 4.53. The Hall–Kier alpha value is -1.18. The van der Waals surface area contributed by atoms with Gasteiger partial charge in [-0.15, -0.1) is 22.7 Å². The summed E-state index contributed by atoms with van der Waals surface area (Å²) < 4.78 is 0.774. The van der Waals surface area contributed by atoms with Crippen LogP contribution in [0, 0.1) is 0 Å². The molecule has 2 N–H and O–H groups in total. The molecule has 0 radical (unpaired) electrons. The first-order valence-corrected chi connectivity index (χ1v) is 9.96. The van der Waals surface area contributed by atoms with E-state index in [9.17, 15) is 9.90 Å². The minimum Gasteiger partial charge on any atom is -0.386 e. The highest BCUT2D eigenvalue weighted by atomic mass is 79.9. The summed E-state index contributed by atoms with van der Waals surface area (Å²) in [5.41, 5.74) is 0.378. The van der Waals surface area contributed by atoms with Crippen LogP contribution in [0.2, 0.25) is 5.02 Å². The Morgan fingerprint density at radius 3 is 2.83 bits per heavy atom. The first kappa shape index (κ1) is 17.6. The SMILES string of the molecule is O=C(NC[C@@H](O)c1ccc(-c2cccs2)s1)c1cc(Br)ccc1Cl. The molecule has 0 fully saturated rings. The highest BCUT2D eigenvalue weighted by molar-refractivity contribution is 9.10. The van der Waals surface area contributed by atoms with E-state index >= 15 is 0 Å². The molecule has 1 atom stereocenters. The number of thiophene rings is 2. The highest BCUT2D eigenvalue weighted by Gasteiger charge is 2.15. The minimum atomic E-state index is -0.751. The molecule has 1 amide bonds. The van der Waals surface area contributed by atoms with Gasteiger partial charge in [-0.25, -0.2) is 0 Å². The number of benzene rings is 1. The lowest BCUT2D eigenvalue weighted by Crippen LogP contribution is -2.28. The zero-order chi connectivity index (χ0) is 17.1. The summed E-state index contributed by atoms with van der Waals surface area (Å²) in [6.07, 6.45) is -0.751. The predicted octanol–water partition coefficient (Wildman–Crippen LogP) is 5.36. The van der Waals surface area contributed by atoms with E-state index in [1.54, 1.807) is 29.5 Å². The van der Waals surface area contributed by atoms with Crippen molar-refractivity contribution in [3.63, 3.8) is 0 Å². The van der Waals surface area contributed by atoms with Gasteiger partial charge in [-0.1, -0.05) is 33.6 Å². The fourth-order valence-electron chi connectivity index (χ4n) is 2.14. The second-order valence-electron chi connectivity index (χ2n) is 5.03. The summed E-state index contributed by atoms with van der Waals surface area (Å²) in [6, 6.07) is 13.0. The minimum absolute atomic E-state index is 0.131. The number of nitrogens with one attached hydrogen (secondary N) is 1. The third-order valence-electron chi connectivity index (χ3n) is 3.35. The second kappa shape index (κ2) is 7.80. The van der Waals surface area contributed by atoms with Crippen molar-refractivity contribution in [2.75, 3.05) is 6.54 Å². The van der Waals surface area contributed by atoms with Crippen LogP contribution in [-0.2, 0) is 0 Å². The van der Waals surface area contributed by atoms with Gasteiger partial charge < -0.3 is 10.4 Å². The number of halogens is 2. The lowest BCUT2D eigenvalue weighted by atomic mass is 10.2. The summed E-state index contributed by atoms with van der Waals surface area (Å²) >= 11 is 12.5. The quantitative estimate of drug-likeness (QED) is 0.559. The van der Waals surface area contributed by atoms with Crippen molar-refractivity contribution in [2.45, 2.75) is 6.10 Å². The third kappa shape index (κ3) is 4.07. The van der Waals surface area contributed by atoms with E-state index in [2.05, 4.69) is 21.2 Å². The van der Waals surface area contributed by atoms with Crippen LogP contribution >= 0.6 is 50.2 Å². The molecule has 0 saturated carbocycles. The standard InChI is InChI=1S/C17H13BrClNO2S2/c18-10-3-4-12(19)11(8-10)17(22)20-9-13(21)14-5-6-16(24-14)15-2-1-7-23-15/h1-8,13,21H,9H2,(H,20,22)/t13-/m1/s1. The summed E-state index contributed by atoms with van der Waals surface area (Å²) in [7, 11) is 0. The molecule has 0 aliphatic rings. The van der Waals surface area contributed by atoms with Crippen LogP contribution < -0.4 is 5.32 Å². The van der Waals surface area contributed by atoms with Crippen molar-refractivity contribution in [3.05, 3.63) is 67.8 Å². The zero-order valence-corrected chi connectivity index (χ0v) is 16.3. The lowest BCUT2D eigenvalue weighted by Gasteiger charge is -2.11. The van der Waals surface area contributed by atoms with Crippen molar-refractivity contribution in [3.8, 4) is 9.75 Å². The summed E-state index contributed by atoms with van der Waals surface area (Å²) in [6.45, 7) is 0.131. The van der Waals surface area contributed by atoms with Crippen LogP contribution in [-0.4, -0.2) is 17.6 Å². The van der Waals surface area contributed by atoms with Gasteiger partial charge in [0.05, 0.1) is 10.6 Å². The van der Waals surface area contributed by atoms with Gasteiger partial charge in [-0.05, 0) is 41.8 Å². The first-order valence-electron chi connectivity index (χ1n) is 7.09. The zero-order valence-electron chi connectivity index (χ0n) is 12.3. The molecule has 1 aromatic carbocycles. The van der Waals surface area contributed by atoms with E-state index in [1.807, 2.05) is 29.6 Å². The molecule has 7 heteroatoms. The maximum atomic E-state index is 12.2. The van der Waals surface area contributed by atoms with Gasteiger partial charge in [0.15, 0.2) is 0 Å². The molecule has 3 rings (SSSR count). The highest BCUT2D eigenvalue weighted by Crippen LogP contribution is 2.33. The molecule has 3 aromatic rings. The molecule has 3 nitrogen and oxygen atoms in total. The van der Waals surface area contributed by atoms with E-state index in [1.165, 1.54) is 16.2 Å². The molecule has 0 saturated heterocycles. The van der Waals surface area contributed by atoms with Crippen LogP contribution in [0.1, 0.15) is 21.3 Å². The number of amides is 1. The van der Waals surface area contributed by atoms with Crippen LogP contribution in [0.4, 0.5) is 0 Å². The monoisotopic (exact) mass is 441 g/mol. The van der Waals surface area contributed by atoms with Crippen molar-refractivity contribution < 1.29 is 9.90 Å². The van der Waals surface area contributed by atoms with Crippen molar-refractivity contribution in [1.82, 2.24) is 5.32 Å². The van der Waals surface area contributed by atoms with Gasteiger partial charge in [0, 0.05) is 25.6 Å². The smallest absolute Gasteiger partial charge is 0.252 e. The number of carbonyl (C=O) groups is 1. The van der Waals surface area contributed by atoms with E-state index in [0.29, 0.717) is 10.6 Å². The predicted molar refractivity (Wildman–Crippen MR) is 104 cm³/mol. The Labute approximate surface area is 161 Å². The maximum absolute atomic E-state index is 12.2. The molecule has 0 aliphatic carbocycles. The molecule has 0 bridgehead atoms. The summed E-state index contributed by atoms with van der Waals surface area (Å²) in [4.78, 5) is 15.3. The van der Waals surface area contributed by atoms with E-state index in [-0.39, 0.29) is 12.5 Å². The van der Waals surface area contributed by atoms with Gasteiger partial charge in [0.1, 0.15) is 6.10 Å². The number of carbonyl (C=O) groups excluding carboxylic acids is 1. The number of aliphatic hydroxyl groups excluding tert-OH is 1. The maximum Gasteiger partial charge on any atom is 0.252 e. The number of aliphatic hydroxyl groups is 1. The van der Waals surface area contributed by atoms with Gasteiger partial charge in [-0.3, -0.25) is 4.79 Å². The van der Waals surface area contributed by atoms with E-state index in [0.717, 1.165) is 14.2 Å². The van der Waals surface area contributed by atoms with Crippen molar-refractivity contribution >= 4 is 56.1 Å². The Bertz CT molecular complexity index is 848. The molecular formula is C17H13BrClNO2S2. The van der Waals surface area contributed by atoms with Crippen molar-refractivity contribution in [1.29, 1.82) is 0 Å². The number of hydrogen-bond donors (Lipinski definition) is 2. The largest absolute Gasteiger partial charge is 0.386 e. The Kier molecular flexibility index (Phi) is 5.73. The van der Waals surface area contributed by atoms with Gasteiger partial charge in [-0.2, -0.15) is 0 Å². The molecule has 0 unspecified atom stereocenters. The molecule has 0 aliphatic heterocycles.